The lowest BCUT2D eigenvalue weighted by Crippen LogP contribution is -2.15. The van der Waals surface area contributed by atoms with Gasteiger partial charge < -0.3 is 0 Å². The summed E-state index contributed by atoms with van der Waals surface area (Å²) >= 11 is 0. The van der Waals surface area contributed by atoms with E-state index in [1.54, 1.807) is 0 Å². The first-order valence-corrected chi connectivity index (χ1v) is 13.5. The molecule has 0 saturated heterocycles. The molecule has 0 nitrogen and oxygen atoms in total. The van der Waals surface area contributed by atoms with Crippen molar-refractivity contribution in [2.75, 3.05) is 0 Å². The minimum atomic E-state index is 0.878. The number of allylic oxidation sites excluding steroid dienone is 6. The molecule has 31 heavy (non-hydrogen) atoms. The van der Waals surface area contributed by atoms with Gasteiger partial charge in [-0.25, -0.2) is 0 Å². The van der Waals surface area contributed by atoms with Gasteiger partial charge in [-0.05, 0) is 58.3 Å². The SMILES string of the molecule is C=C(C)C.C=C(C)CC(C)C1CCCCC1.CC.CC.CC.CCCC1=CCCC=C1. The minimum Gasteiger partial charge on any atom is -0.100 e. The Kier molecular flexibility index (Phi) is 37.5. The Labute approximate surface area is 200 Å². The lowest BCUT2D eigenvalue weighted by atomic mass is 9.78. The van der Waals surface area contributed by atoms with Gasteiger partial charge in [-0.15, -0.1) is 13.2 Å². The lowest BCUT2D eigenvalue weighted by Gasteiger charge is -2.27. The fraction of sp³-hybridized carbons (Fsp3) is 0.742. The summed E-state index contributed by atoms with van der Waals surface area (Å²) in [6.45, 7) is 30.3. The van der Waals surface area contributed by atoms with E-state index in [0.717, 1.165) is 11.8 Å². The predicted molar refractivity (Wildman–Crippen MR) is 151 cm³/mol. The van der Waals surface area contributed by atoms with Crippen LogP contribution in [0.3, 0.4) is 0 Å². The number of hydrogen-bond acceptors (Lipinski definition) is 0. The smallest absolute Gasteiger partial charge is 0.0285 e. The van der Waals surface area contributed by atoms with Crippen LogP contribution in [0.2, 0.25) is 0 Å². The van der Waals surface area contributed by atoms with Crippen molar-refractivity contribution in [3.8, 4) is 0 Å². The van der Waals surface area contributed by atoms with Gasteiger partial charge >= 0.3 is 0 Å². The molecular weight excluding hydrogens is 372 g/mol. The maximum atomic E-state index is 3.99. The monoisotopic (exact) mass is 434 g/mol. The predicted octanol–water partition coefficient (Wildman–Crippen LogP) is 11.9. The van der Waals surface area contributed by atoms with E-state index in [-0.39, 0.29) is 0 Å². The summed E-state index contributed by atoms with van der Waals surface area (Å²) < 4.78 is 0. The minimum absolute atomic E-state index is 0.878. The summed E-state index contributed by atoms with van der Waals surface area (Å²) in [7, 11) is 0. The fourth-order valence-corrected chi connectivity index (χ4v) is 3.56. The highest BCUT2D eigenvalue weighted by molar-refractivity contribution is 5.21. The highest BCUT2D eigenvalue weighted by atomic mass is 14.2. The van der Waals surface area contributed by atoms with Crippen molar-refractivity contribution >= 4 is 0 Å². The molecule has 2 aliphatic carbocycles. The Morgan fingerprint density at radius 2 is 1.39 bits per heavy atom. The topological polar surface area (TPSA) is 0 Å². The van der Waals surface area contributed by atoms with Crippen LogP contribution in [-0.4, -0.2) is 0 Å². The van der Waals surface area contributed by atoms with Crippen molar-refractivity contribution in [3.63, 3.8) is 0 Å². The van der Waals surface area contributed by atoms with E-state index in [1.807, 2.05) is 55.4 Å². The summed E-state index contributed by atoms with van der Waals surface area (Å²) in [6.07, 6.45) is 20.5. The Bertz CT molecular complexity index is 411. The van der Waals surface area contributed by atoms with Crippen molar-refractivity contribution in [1.29, 1.82) is 0 Å². The Balaban J connectivity index is -0.000000169. The molecule has 186 valence electrons. The normalized spacial score (nSPS) is 15.1. The third-order valence-electron chi connectivity index (χ3n) is 4.74. The van der Waals surface area contributed by atoms with Gasteiger partial charge in [0.25, 0.3) is 0 Å². The van der Waals surface area contributed by atoms with E-state index in [1.165, 1.54) is 80.9 Å². The first-order valence-electron chi connectivity index (χ1n) is 13.5. The van der Waals surface area contributed by atoms with Gasteiger partial charge in [-0.3, -0.25) is 0 Å². The molecule has 1 unspecified atom stereocenters. The van der Waals surface area contributed by atoms with E-state index < -0.39 is 0 Å². The van der Waals surface area contributed by atoms with Crippen LogP contribution < -0.4 is 0 Å². The number of rotatable bonds is 5. The molecule has 2 aliphatic rings. The van der Waals surface area contributed by atoms with E-state index in [0.29, 0.717) is 0 Å². The van der Waals surface area contributed by atoms with Crippen molar-refractivity contribution < 1.29 is 0 Å². The maximum absolute atomic E-state index is 3.99. The summed E-state index contributed by atoms with van der Waals surface area (Å²) in [5.74, 6) is 1.87. The van der Waals surface area contributed by atoms with Crippen LogP contribution in [0, 0.1) is 11.8 Å². The third-order valence-corrected chi connectivity index (χ3v) is 4.74. The van der Waals surface area contributed by atoms with Gasteiger partial charge in [-0.1, -0.05) is 129 Å². The Morgan fingerprint density at radius 1 is 0.903 bits per heavy atom. The summed E-state index contributed by atoms with van der Waals surface area (Å²) in [6, 6.07) is 0. The molecule has 2 rings (SSSR count). The lowest BCUT2D eigenvalue weighted by molar-refractivity contribution is 0.262. The molecule has 0 amide bonds. The van der Waals surface area contributed by atoms with Crippen molar-refractivity contribution in [1.82, 2.24) is 0 Å². The highest BCUT2D eigenvalue weighted by Crippen LogP contribution is 2.32. The Morgan fingerprint density at radius 3 is 1.74 bits per heavy atom. The molecule has 0 aromatic heterocycles. The molecule has 0 heteroatoms. The standard InChI is InChI=1S/C12H22.C9H14.C4H8.3C2H6/c1-10(2)9-11(3)12-7-5-4-6-8-12;1-2-6-9-7-4-3-5-8-9;1-4(2)3;3*1-2/h11-12H,1,4-9H2,2-3H3;4,7-8H,2-3,5-6H2,1H3;1H2,2-3H3;3*1-2H3. The summed E-state index contributed by atoms with van der Waals surface area (Å²) in [5.41, 5.74) is 4.05. The fourth-order valence-electron chi connectivity index (χ4n) is 3.56. The van der Waals surface area contributed by atoms with E-state index in [4.69, 9.17) is 0 Å². The number of hydrogen-bond donors (Lipinski definition) is 0. The van der Waals surface area contributed by atoms with Gasteiger partial charge in [0.1, 0.15) is 0 Å². The van der Waals surface area contributed by atoms with Crippen LogP contribution in [0.4, 0.5) is 0 Å². The van der Waals surface area contributed by atoms with E-state index in [9.17, 15) is 0 Å². The van der Waals surface area contributed by atoms with Crippen LogP contribution in [0.25, 0.3) is 0 Å². The zero-order chi connectivity index (χ0) is 25.1. The molecule has 0 radical (unpaired) electrons. The first kappa shape index (κ1) is 37.3. The van der Waals surface area contributed by atoms with Gasteiger partial charge in [0.2, 0.25) is 0 Å². The molecule has 1 atom stereocenters. The average Bonchev–Trinajstić information content (AvgIpc) is 2.79. The molecule has 0 aromatic carbocycles. The van der Waals surface area contributed by atoms with E-state index in [2.05, 4.69) is 52.2 Å². The van der Waals surface area contributed by atoms with Crippen LogP contribution in [0.15, 0.2) is 48.1 Å². The van der Waals surface area contributed by atoms with Gasteiger partial charge in [0, 0.05) is 0 Å². The molecule has 0 aliphatic heterocycles. The molecule has 0 bridgehead atoms. The summed E-state index contributed by atoms with van der Waals surface area (Å²) in [4.78, 5) is 0. The van der Waals surface area contributed by atoms with Crippen molar-refractivity contribution in [2.45, 2.75) is 140 Å². The third kappa shape index (κ3) is 31.2. The van der Waals surface area contributed by atoms with Crippen LogP contribution in [-0.2, 0) is 0 Å². The molecule has 0 heterocycles. The van der Waals surface area contributed by atoms with Crippen LogP contribution in [0.5, 0.6) is 0 Å². The van der Waals surface area contributed by atoms with Crippen LogP contribution in [0.1, 0.15) is 140 Å². The maximum Gasteiger partial charge on any atom is -0.0285 e. The molecular formula is C31H62. The quantitative estimate of drug-likeness (QED) is 0.377. The van der Waals surface area contributed by atoms with Gasteiger partial charge in [-0.2, -0.15) is 0 Å². The zero-order valence-corrected chi connectivity index (χ0v) is 23.9. The first-order chi connectivity index (χ1) is 14.9. The largest absolute Gasteiger partial charge is 0.100 e. The van der Waals surface area contributed by atoms with Crippen LogP contribution >= 0.6 is 0 Å². The van der Waals surface area contributed by atoms with Gasteiger partial charge in [0.15, 0.2) is 0 Å². The summed E-state index contributed by atoms with van der Waals surface area (Å²) in [5, 5.41) is 0. The molecule has 0 N–H and O–H groups in total. The Hall–Kier alpha value is -1.04. The van der Waals surface area contributed by atoms with Gasteiger partial charge in [0.05, 0.1) is 0 Å². The molecule has 0 aromatic rings. The van der Waals surface area contributed by atoms with Crippen molar-refractivity contribution in [2.24, 2.45) is 11.8 Å². The average molecular weight is 435 g/mol. The second kappa shape index (κ2) is 31.1. The molecule has 0 spiro atoms. The molecule has 1 fully saturated rings. The van der Waals surface area contributed by atoms with Crippen molar-refractivity contribution in [3.05, 3.63) is 48.1 Å². The van der Waals surface area contributed by atoms with E-state index >= 15 is 0 Å². The molecule has 1 saturated carbocycles. The highest BCUT2D eigenvalue weighted by Gasteiger charge is 2.19. The zero-order valence-electron chi connectivity index (χ0n) is 23.9. The second-order valence-electron chi connectivity index (χ2n) is 8.25. The second-order valence-corrected chi connectivity index (χ2v) is 8.25.